The molecule has 0 radical (unpaired) electrons. The van der Waals surface area contributed by atoms with Gasteiger partial charge in [-0.25, -0.2) is 0 Å². The smallest absolute Gasteiger partial charge is 0.0175 e. The van der Waals surface area contributed by atoms with Crippen molar-refractivity contribution in [3.8, 4) is 66.8 Å². The predicted molar refractivity (Wildman–Crippen MR) is 231 cm³/mol. The molecule has 240 valence electrons. The molecule has 7 rings (SSSR count). The molecule has 0 aliphatic heterocycles. The minimum atomic E-state index is 0.0947. The van der Waals surface area contributed by atoms with Gasteiger partial charge in [0.15, 0.2) is 0 Å². The van der Waals surface area contributed by atoms with Gasteiger partial charge in [-0.1, -0.05) is 146 Å². The van der Waals surface area contributed by atoms with E-state index in [1.807, 2.05) is 0 Å². The predicted octanol–water partition coefficient (Wildman–Crippen LogP) is 15.0. The highest BCUT2D eigenvalue weighted by molar-refractivity contribution is 14.1. The van der Waals surface area contributed by atoms with E-state index in [1.165, 1.54) is 79.5 Å². The van der Waals surface area contributed by atoms with Crippen molar-refractivity contribution in [3.63, 3.8) is 0 Å². The van der Waals surface area contributed by atoms with Gasteiger partial charge in [-0.3, -0.25) is 0 Å². The maximum atomic E-state index is 3.68. The van der Waals surface area contributed by atoms with Crippen LogP contribution in [-0.2, 0) is 5.41 Å². The molecule has 0 spiro atoms. The lowest BCUT2D eigenvalue weighted by Gasteiger charge is -2.21. The standard InChI is InChI=1S/C46H35BrI2/c1-46(2,3)39-22-18-32(19-23-39)38-28-43(33-14-10-30(11-15-33)36-6-4-8-41(48)26-36)45(35-20-24-40(47)25-21-35)44(29-38)34-16-12-31(13-17-34)37-7-5-9-42(49)27-37/h4-29H,1-3H3. The monoisotopic (exact) mass is 920 g/mol. The van der Waals surface area contributed by atoms with Gasteiger partial charge in [-0.15, -0.1) is 0 Å². The van der Waals surface area contributed by atoms with E-state index >= 15 is 0 Å². The molecule has 0 fully saturated rings. The minimum Gasteiger partial charge on any atom is -0.0606 e. The Kier molecular flexibility index (Phi) is 9.96. The van der Waals surface area contributed by atoms with E-state index < -0.39 is 0 Å². The summed E-state index contributed by atoms with van der Waals surface area (Å²) < 4.78 is 3.54. The second-order valence-electron chi connectivity index (χ2n) is 13.5. The van der Waals surface area contributed by atoms with Gasteiger partial charge in [0, 0.05) is 11.6 Å². The molecule has 0 saturated heterocycles. The molecule has 7 aromatic rings. The third kappa shape index (κ3) is 7.64. The average Bonchev–Trinajstić information content (AvgIpc) is 3.11. The maximum Gasteiger partial charge on any atom is 0.0175 e. The van der Waals surface area contributed by atoms with Gasteiger partial charge < -0.3 is 0 Å². The fourth-order valence-electron chi connectivity index (χ4n) is 6.37. The summed E-state index contributed by atoms with van der Waals surface area (Å²) in [5.74, 6) is 0. The van der Waals surface area contributed by atoms with Crippen LogP contribution >= 0.6 is 61.1 Å². The molecular formula is C46H35BrI2. The van der Waals surface area contributed by atoms with Crippen LogP contribution in [0.15, 0.2) is 162 Å². The fraction of sp³-hybridized carbons (Fsp3) is 0.0870. The first-order valence-electron chi connectivity index (χ1n) is 16.4. The topological polar surface area (TPSA) is 0 Å². The van der Waals surface area contributed by atoms with Crippen molar-refractivity contribution >= 4 is 61.1 Å². The van der Waals surface area contributed by atoms with Crippen LogP contribution in [0.4, 0.5) is 0 Å². The van der Waals surface area contributed by atoms with Crippen LogP contribution in [0.2, 0.25) is 0 Å². The van der Waals surface area contributed by atoms with Crippen LogP contribution in [0.5, 0.6) is 0 Å². The van der Waals surface area contributed by atoms with Crippen LogP contribution in [-0.4, -0.2) is 0 Å². The quantitative estimate of drug-likeness (QED) is 0.146. The van der Waals surface area contributed by atoms with Crippen molar-refractivity contribution < 1.29 is 0 Å². The van der Waals surface area contributed by atoms with E-state index in [0.29, 0.717) is 0 Å². The number of halogens is 3. The molecule has 7 aromatic carbocycles. The third-order valence-electron chi connectivity index (χ3n) is 9.06. The Hall–Kier alpha value is -3.52. The van der Waals surface area contributed by atoms with E-state index in [2.05, 4.69) is 240 Å². The molecule has 0 aliphatic carbocycles. The van der Waals surface area contributed by atoms with Crippen LogP contribution in [0, 0.1) is 7.14 Å². The van der Waals surface area contributed by atoms with Gasteiger partial charge >= 0.3 is 0 Å². The van der Waals surface area contributed by atoms with Crippen molar-refractivity contribution in [2.75, 3.05) is 0 Å². The lowest BCUT2D eigenvalue weighted by molar-refractivity contribution is 0.590. The summed E-state index contributed by atoms with van der Waals surface area (Å²) in [6.45, 7) is 6.81. The average molecular weight is 921 g/mol. The van der Waals surface area contributed by atoms with Gasteiger partial charge in [0.25, 0.3) is 0 Å². The maximum absolute atomic E-state index is 3.68. The zero-order valence-corrected chi connectivity index (χ0v) is 33.5. The Labute approximate surface area is 326 Å². The first kappa shape index (κ1) is 34.0. The second kappa shape index (κ2) is 14.4. The molecule has 0 aliphatic rings. The summed E-state index contributed by atoms with van der Waals surface area (Å²) in [5, 5.41) is 0. The normalized spacial score (nSPS) is 11.5. The summed E-state index contributed by atoms with van der Waals surface area (Å²) in [4.78, 5) is 0. The second-order valence-corrected chi connectivity index (χ2v) is 16.9. The molecule has 49 heavy (non-hydrogen) atoms. The van der Waals surface area contributed by atoms with E-state index in [9.17, 15) is 0 Å². The molecule has 0 bridgehead atoms. The number of benzene rings is 7. The van der Waals surface area contributed by atoms with Crippen molar-refractivity contribution in [1.82, 2.24) is 0 Å². The summed E-state index contributed by atoms with van der Waals surface area (Å²) in [6.07, 6.45) is 0. The number of rotatable bonds is 6. The molecule has 0 nitrogen and oxygen atoms in total. The number of hydrogen-bond donors (Lipinski definition) is 0. The summed E-state index contributed by atoms with van der Waals surface area (Å²) >= 11 is 8.45. The summed E-state index contributed by atoms with van der Waals surface area (Å²) in [5.41, 5.74) is 16.0. The molecule has 0 heterocycles. The highest BCUT2D eigenvalue weighted by Gasteiger charge is 2.19. The van der Waals surface area contributed by atoms with Gasteiger partial charge in [-0.05, 0) is 171 Å². The van der Waals surface area contributed by atoms with E-state index in [4.69, 9.17) is 0 Å². The lowest BCUT2D eigenvalue weighted by Crippen LogP contribution is -2.10. The Bertz CT molecular complexity index is 2130. The Morgan fingerprint density at radius 1 is 0.388 bits per heavy atom. The summed E-state index contributed by atoms with van der Waals surface area (Å²) in [6, 6.07) is 58.1. The van der Waals surface area contributed by atoms with Gasteiger partial charge in [0.2, 0.25) is 0 Å². The Morgan fingerprint density at radius 3 is 1.20 bits per heavy atom. The zero-order chi connectivity index (χ0) is 34.1. The first-order chi connectivity index (χ1) is 23.6. The van der Waals surface area contributed by atoms with Gasteiger partial charge in [-0.2, -0.15) is 0 Å². The minimum absolute atomic E-state index is 0.0947. The van der Waals surface area contributed by atoms with Crippen molar-refractivity contribution in [2.45, 2.75) is 26.2 Å². The number of hydrogen-bond acceptors (Lipinski definition) is 0. The molecule has 0 amide bonds. The largest absolute Gasteiger partial charge is 0.0606 e. The van der Waals surface area contributed by atoms with Crippen LogP contribution in [0.3, 0.4) is 0 Å². The highest BCUT2D eigenvalue weighted by Crippen LogP contribution is 2.44. The van der Waals surface area contributed by atoms with Crippen molar-refractivity contribution in [3.05, 3.63) is 175 Å². The molecule has 0 atom stereocenters. The van der Waals surface area contributed by atoms with Crippen LogP contribution in [0.25, 0.3) is 66.8 Å². The molecule has 0 N–H and O–H groups in total. The Balaban J connectivity index is 1.44. The fourth-order valence-corrected chi connectivity index (χ4v) is 7.73. The zero-order valence-electron chi connectivity index (χ0n) is 27.6. The van der Waals surface area contributed by atoms with Crippen molar-refractivity contribution in [1.29, 1.82) is 0 Å². The van der Waals surface area contributed by atoms with E-state index in [0.717, 1.165) is 4.47 Å². The molecule has 0 unspecified atom stereocenters. The van der Waals surface area contributed by atoms with E-state index in [-0.39, 0.29) is 5.41 Å². The summed E-state index contributed by atoms with van der Waals surface area (Å²) in [7, 11) is 0. The Morgan fingerprint density at radius 2 is 0.776 bits per heavy atom. The van der Waals surface area contributed by atoms with Crippen LogP contribution < -0.4 is 0 Å². The molecule has 3 heteroatoms. The molecule has 0 aromatic heterocycles. The van der Waals surface area contributed by atoms with E-state index in [1.54, 1.807) is 0 Å². The third-order valence-corrected chi connectivity index (χ3v) is 10.9. The molecular weight excluding hydrogens is 886 g/mol. The first-order valence-corrected chi connectivity index (χ1v) is 19.4. The SMILES string of the molecule is CC(C)(C)c1ccc(-c2cc(-c3ccc(-c4cccc(I)c4)cc3)c(-c3ccc(Br)cc3)c(-c3ccc(-c4cccc(I)c4)cc3)c2)cc1. The molecule has 0 saturated carbocycles. The van der Waals surface area contributed by atoms with Crippen LogP contribution in [0.1, 0.15) is 26.3 Å². The van der Waals surface area contributed by atoms with Crippen molar-refractivity contribution in [2.24, 2.45) is 0 Å². The lowest BCUT2D eigenvalue weighted by atomic mass is 9.83. The highest BCUT2D eigenvalue weighted by atomic mass is 127. The van der Waals surface area contributed by atoms with Gasteiger partial charge in [0.1, 0.15) is 0 Å². The van der Waals surface area contributed by atoms with Gasteiger partial charge in [0.05, 0.1) is 0 Å².